The fourth-order valence-electron chi connectivity index (χ4n) is 3.82. The number of nitrogens with zero attached hydrogens (tertiary/aromatic N) is 4. The van der Waals surface area contributed by atoms with Crippen LogP contribution in [0.3, 0.4) is 0 Å². The molecule has 0 spiro atoms. The van der Waals surface area contributed by atoms with Gasteiger partial charge in [-0.3, -0.25) is 0 Å². The second-order valence-electron chi connectivity index (χ2n) is 8.30. The Kier molecular flexibility index (Phi) is 8.85. The first-order valence-electron chi connectivity index (χ1n) is 11.5. The fraction of sp³-hybridized carbons (Fsp3) is 0.240. The van der Waals surface area contributed by atoms with E-state index in [1.165, 1.54) is 30.3 Å². The zero-order valence-electron chi connectivity index (χ0n) is 20.0. The van der Waals surface area contributed by atoms with Gasteiger partial charge in [-0.1, -0.05) is 41.9 Å². The molecule has 0 aliphatic heterocycles. The molecule has 0 fully saturated rings. The molecule has 3 aromatic carbocycles. The van der Waals surface area contributed by atoms with Crippen molar-refractivity contribution >= 4 is 21.6 Å². The molecule has 0 saturated heterocycles. The van der Waals surface area contributed by atoms with Crippen molar-refractivity contribution in [1.82, 2.24) is 30.2 Å². The number of aliphatic hydroxyl groups is 1. The van der Waals surface area contributed by atoms with Crippen molar-refractivity contribution < 1.29 is 18.3 Å². The molecule has 4 aromatic rings. The number of nitrogens with one attached hydrogen (secondary N) is 2. The van der Waals surface area contributed by atoms with Crippen molar-refractivity contribution in [2.45, 2.75) is 30.0 Å². The van der Waals surface area contributed by atoms with Gasteiger partial charge in [0.25, 0.3) is 0 Å². The summed E-state index contributed by atoms with van der Waals surface area (Å²) in [5.41, 5.74) is 2.53. The lowest BCUT2D eigenvalue weighted by Gasteiger charge is -2.25. The molecular formula is C25H27ClN6O4S. The van der Waals surface area contributed by atoms with Gasteiger partial charge in [-0.2, -0.15) is 0 Å². The summed E-state index contributed by atoms with van der Waals surface area (Å²) in [5.74, 6) is 0.549. The van der Waals surface area contributed by atoms with E-state index in [-0.39, 0.29) is 11.4 Å². The molecule has 2 atom stereocenters. The lowest BCUT2D eigenvalue weighted by Crippen LogP contribution is -2.47. The van der Waals surface area contributed by atoms with Crippen LogP contribution in [0, 0.1) is 0 Å². The number of aromatic nitrogens is 4. The average molecular weight is 543 g/mol. The van der Waals surface area contributed by atoms with Crippen LogP contribution in [0.25, 0.3) is 5.69 Å². The second-order valence-corrected chi connectivity index (χ2v) is 10.5. The Morgan fingerprint density at radius 1 is 1.08 bits per heavy atom. The number of methoxy groups -OCH3 is 1. The third-order valence-electron chi connectivity index (χ3n) is 5.81. The van der Waals surface area contributed by atoms with E-state index in [1.54, 1.807) is 30.3 Å². The number of benzene rings is 3. The minimum Gasteiger partial charge on any atom is -0.497 e. The first-order valence-corrected chi connectivity index (χ1v) is 13.3. The highest BCUT2D eigenvalue weighted by atomic mass is 35.5. The molecule has 1 aromatic heterocycles. The van der Waals surface area contributed by atoms with Gasteiger partial charge in [0.05, 0.1) is 23.8 Å². The molecule has 194 valence electrons. The maximum Gasteiger partial charge on any atom is 0.240 e. The Balaban J connectivity index is 1.50. The Morgan fingerprint density at radius 2 is 1.84 bits per heavy atom. The third-order valence-corrected chi connectivity index (χ3v) is 7.48. The predicted molar refractivity (Wildman–Crippen MR) is 139 cm³/mol. The van der Waals surface area contributed by atoms with Gasteiger partial charge in [0.2, 0.25) is 10.0 Å². The van der Waals surface area contributed by atoms with Gasteiger partial charge in [-0.25, -0.2) is 17.8 Å². The summed E-state index contributed by atoms with van der Waals surface area (Å²) in [7, 11) is -2.32. The molecule has 4 rings (SSSR count). The van der Waals surface area contributed by atoms with Crippen LogP contribution in [-0.2, 0) is 23.0 Å². The lowest BCUT2D eigenvalue weighted by atomic mass is 10.0. The largest absolute Gasteiger partial charge is 0.497 e. The smallest absolute Gasteiger partial charge is 0.240 e. The van der Waals surface area contributed by atoms with E-state index >= 15 is 0 Å². The molecule has 0 amide bonds. The Labute approximate surface area is 220 Å². The summed E-state index contributed by atoms with van der Waals surface area (Å²) in [6.45, 7) is 0.143. The number of sulfonamides is 1. The van der Waals surface area contributed by atoms with Crippen LogP contribution in [0.4, 0.5) is 0 Å². The molecule has 1 heterocycles. The number of hydrogen-bond acceptors (Lipinski definition) is 8. The summed E-state index contributed by atoms with van der Waals surface area (Å²) in [6.07, 6.45) is 0.910. The maximum absolute atomic E-state index is 12.8. The first kappa shape index (κ1) is 26.7. The van der Waals surface area contributed by atoms with Crippen LogP contribution < -0.4 is 14.8 Å². The number of hydrogen-bond donors (Lipinski definition) is 3. The molecule has 10 nitrogen and oxygen atoms in total. The van der Waals surface area contributed by atoms with Crippen molar-refractivity contribution in [3.8, 4) is 11.4 Å². The molecule has 0 aliphatic rings. The van der Waals surface area contributed by atoms with E-state index in [0.29, 0.717) is 23.7 Å². The lowest BCUT2D eigenvalue weighted by molar-refractivity contribution is 0.129. The topological polar surface area (TPSA) is 131 Å². The highest BCUT2D eigenvalue weighted by Crippen LogP contribution is 2.20. The predicted octanol–water partition coefficient (Wildman–Crippen LogP) is 2.36. The Hall–Kier alpha value is -3.35. The van der Waals surface area contributed by atoms with E-state index in [2.05, 4.69) is 25.6 Å². The van der Waals surface area contributed by atoms with Crippen molar-refractivity contribution in [1.29, 1.82) is 0 Å². The molecule has 0 unspecified atom stereocenters. The molecule has 0 radical (unpaired) electrons. The van der Waals surface area contributed by atoms with Gasteiger partial charge in [-0.05, 0) is 70.4 Å². The monoisotopic (exact) mass is 542 g/mol. The van der Waals surface area contributed by atoms with E-state index in [4.69, 9.17) is 16.3 Å². The standard InChI is InChI=1S/C25H27ClN6O4S/c1-36-21-8-10-22(11-9-21)37(34,35)29-16-25(33)23(13-18-5-3-2-4-6-18)27-15-19-14-20(26)7-12-24(19)32-17-28-30-31-32/h2-12,14,17,23,25,27,29,33H,13,15-16H2,1H3/t23-,25+/m0/s1. The van der Waals surface area contributed by atoms with Gasteiger partial charge in [-0.15, -0.1) is 5.10 Å². The van der Waals surface area contributed by atoms with Crippen LogP contribution in [0.5, 0.6) is 5.75 Å². The quantitative estimate of drug-likeness (QED) is 0.249. The molecule has 0 saturated carbocycles. The minimum atomic E-state index is -3.83. The van der Waals surface area contributed by atoms with Gasteiger partial charge >= 0.3 is 0 Å². The van der Waals surface area contributed by atoms with Crippen molar-refractivity contribution in [3.05, 3.63) is 95.3 Å². The highest BCUT2D eigenvalue weighted by Gasteiger charge is 2.23. The summed E-state index contributed by atoms with van der Waals surface area (Å²) in [5, 5.41) is 26.3. The summed E-state index contributed by atoms with van der Waals surface area (Å²) < 4.78 is 34.7. The summed E-state index contributed by atoms with van der Waals surface area (Å²) >= 11 is 6.24. The number of halogens is 1. The molecule has 0 aliphatic carbocycles. The molecule has 0 bridgehead atoms. The van der Waals surface area contributed by atoms with E-state index in [1.807, 2.05) is 30.3 Å². The van der Waals surface area contributed by atoms with Crippen molar-refractivity contribution in [3.63, 3.8) is 0 Å². The molecular weight excluding hydrogens is 516 g/mol. The van der Waals surface area contributed by atoms with Gasteiger partial charge in [0.15, 0.2) is 0 Å². The van der Waals surface area contributed by atoms with E-state index in [9.17, 15) is 13.5 Å². The summed E-state index contributed by atoms with van der Waals surface area (Å²) in [6, 6.07) is 20.5. The van der Waals surface area contributed by atoms with Gasteiger partial charge in [0.1, 0.15) is 12.1 Å². The van der Waals surface area contributed by atoms with Gasteiger partial charge in [0, 0.05) is 24.2 Å². The first-order chi connectivity index (χ1) is 17.9. The van der Waals surface area contributed by atoms with E-state index in [0.717, 1.165) is 16.8 Å². The number of ether oxygens (including phenoxy) is 1. The maximum atomic E-state index is 12.8. The van der Waals surface area contributed by atoms with Crippen LogP contribution in [0.15, 0.2) is 84.0 Å². The number of aliphatic hydroxyl groups excluding tert-OH is 1. The SMILES string of the molecule is COc1ccc(S(=O)(=O)NC[C@@H](O)[C@H](Cc2ccccc2)NCc2cc(Cl)ccc2-n2cnnn2)cc1. The average Bonchev–Trinajstić information content (AvgIpc) is 3.45. The van der Waals surface area contributed by atoms with Crippen LogP contribution in [0.2, 0.25) is 5.02 Å². The van der Waals surface area contributed by atoms with Gasteiger partial charge < -0.3 is 15.2 Å². The zero-order valence-corrected chi connectivity index (χ0v) is 21.6. The van der Waals surface area contributed by atoms with Crippen molar-refractivity contribution in [2.75, 3.05) is 13.7 Å². The molecule has 3 N–H and O–H groups in total. The van der Waals surface area contributed by atoms with Crippen LogP contribution >= 0.6 is 11.6 Å². The fourth-order valence-corrected chi connectivity index (χ4v) is 5.07. The molecule has 37 heavy (non-hydrogen) atoms. The summed E-state index contributed by atoms with van der Waals surface area (Å²) in [4.78, 5) is 0.0816. The minimum absolute atomic E-state index is 0.0816. The Bertz CT molecular complexity index is 1390. The van der Waals surface area contributed by atoms with Crippen LogP contribution in [0.1, 0.15) is 11.1 Å². The number of rotatable bonds is 12. The Morgan fingerprint density at radius 3 is 2.51 bits per heavy atom. The van der Waals surface area contributed by atoms with E-state index < -0.39 is 22.2 Å². The normalized spacial score (nSPS) is 13.3. The van der Waals surface area contributed by atoms with Crippen molar-refractivity contribution in [2.24, 2.45) is 0 Å². The van der Waals surface area contributed by atoms with Crippen LogP contribution in [-0.4, -0.2) is 59.5 Å². The number of tetrazole rings is 1. The third kappa shape index (κ3) is 7.12. The second kappa shape index (κ2) is 12.3. The zero-order chi connectivity index (χ0) is 26.3. The highest BCUT2D eigenvalue weighted by molar-refractivity contribution is 7.89. The molecule has 12 heteroatoms.